The third-order valence-corrected chi connectivity index (χ3v) is 2.24. The molecule has 0 aromatic heterocycles. The van der Waals surface area contributed by atoms with Crippen LogP contribution in [-0.2, 0) is 0 Å². The summed E-state index contributed by atoms with van der Waals surface area (Å²) in [5.74, 6) is 1.58. The first-order chi connectivity index (χ1) is 8.20. The fraction of sp³-hybridized carbons (Fsp3) is 0.273. The summed E-state index contributed by atoms with van der Waals surface area (Å²) in [6.45, 7) is 0.923. The van der Waals surface area contributed by atoms with Crippen LogP contribution in [0, 0.1) is 10.1 Å². The number of hydrogen-bond donors (Lipinski definition) is 0. The molecule has 0 bridgehead atoms. The number of rotatable bonds is 3. The highest BCUT2D eigenvalue weighted by molar-refractivity contribution is 5.62. The molecular weight excluding hydrogens is 226 g/mol. The lowest BCUT2D eigenvalue weighted by atomic mass is 10.1. The topological polar surface area (TPSA) is 70.8 Å². The molecule has 1 aromatic carbocycles. The maximum absolute atomic E-state index is 10.2. The van der Waals surface area contributed by atoms with Crippen LogP contribution in [-0.4, -0.2) is 25.2 Å². The number of hydrogen-bond acceptors (Lipinski definition) is 5. The van der Waals surface area contributed by atoms with Gasteiger partial charge in [-0.15, -0.1) is 0 Å². The van der Waals surface area contributed by atoms with Gasteiger partial charge in [0.15, 0.2) is 11.5 Å². The number of benzene rings is 1. The second-order valence-corrected chi connectivity index (χ2v) is 3.35. The van der Waals surface area contributed by atoms with E-state index in [4.69, 9.17) is 14.2 Å². The normalized spacial score (nSPS) is 13.7. The first-order valence-electron chi connectivity index (χ1n) is 5.00. The van der Waals surface area contributed by atoms with E-state index in [9.17, 15) is 10.1 Å². The van der Waals surface area contributed by atoms with Gasteiger partial charge in [0.05, 0.1) is 12.0 Å². The first kappa shape index (κ1) is 11.3. The highest BCUT2D eigenvalue weighted by Gasteiger charge is 2.17. The van der Waals surface area contributed by atoms with Crippen molar-refractivity contribution >= 4 is 6.08 Å². The number of nitro groups is 1. The average Bonchev–Trinajstić information content (AvgIpc) is 2.35. The quantitative estimate of drug-likeness (QED) is 0.591. The second kappa shape index (κ2) is 4.73. The summed E-state index contributed by atoms with van der Waals surface area (Å²) in [7, 11) is 1.51. The summed E-state index contributed by atoms with van der Waals surface area (Å²) in [5.41, 5.74) is 0.628. The van der Waals surface area contributed by atoms with Crippen LogP contribution in [0.5, 0.6) is 17.2 Å². The number of methoxy groups -OCH3 is 1. The molecule has 0 radical (unpaired) electrons. The predicted octanol–water partition coefficient (Wildman–Crippen LogP) is 1.71. The van der Waals surface area contributed by atoms with Gasteiger partial charge in [-0.05, 0) is 17.7 Å². The van der Waals surface area contributed by atoms with E-state index in [2.05, 4.69) is 0 Å². The van der Waals surface area contributed by atoms with Crippen molar-refractivity contribution in [3.8, 4) is 17.2 Å². The van der Waals surface area contributed by atoms with Gasteiger partial charge in [-0.3, -0.25) is 10.1 Å². The van der Waals surface area contributed by atoms with Gasteiger partial charge in [-0.2, -0.15) is 0 Å². The summed E-state index contributed by atoms with van der Waals surface area (Å²) >= 11 is 0. The molecule has 0 N–H and O–H groups in total. The highest BCUT2D eigenvalue weighted by atomic mass is 16.6. The highest BCUT2D eigenvalue weighted by Crippen LogP contribution is 2.40. The zero-order valence-electron chi connectivity index (χ0n) is 9.21. The number of nitrogens with zero attached hydrogens (tertiary/aromatic N) is 1. The second-order valence-electron chi connectivity index (χ2n) is 3.35. The van der Waals surface area contributed by atoms with Crippen LogP contribution < -0.4 is 14.2 Å². The minimum atomic E-state index is -0.525. The Morgan fingerprint density at radius 3 is 2.88 bits per heavy atom. The summed E-state index contributed by atoms with van der Waals surface area (Å²) in [4.78, 5) is 9.72. The van der Waals surface area contributed by atoms with E-state index in [-0.39, 0.29) is 0 Å². The Hall–Kier alpha value is -2.24. The Balaban J connectivity index is 2.39. The van der Waals surface area contributed by atoms with Crippen molar-refractivity contribution in [1.29, 1.82) is 0 Å². The lowest BCUT2D eigenvalue weighted by Gasteiger charge is -2.20. The van der Waals surface area contributed by atoms with Crippen molar-refractivity contribution in [3.05, 3.63) is 34.0 Å². The SMILES string of the molecule is COc1cc(C=C[N+](=O)[O-])cc2c1OCCO2. The smallest absolute Gasteiger partial charge is 0.235 e. The Kier molecular flexibility index (Phi) is 3.13. The number of ether oxygens (including phenoxy) is 3. The van der Waals surface area contributed by atoms with Crippen molar-refractivity contribution in [2.45, 2.75) is 0 Å². The standard InChI is InChI=1S/C11H11NO5/c1-15-9-6-8(2-3-12(13)14)7-10-11(9)17-5-4-16-10/h2-3,6-7H,4-5H2,1H3. The minimum absolute atomic E-state index is 0.457. The van der Waals surface area contributed by atoms with Crippen LogP contribution in [0.1, 0.15) is 5.56 Å². The molecule has 0 saturated heterocycles. The third-order valence-electron chi connectivity index (χ3n) is 2.24. The van der Waals surface area contributed by atoms with E-state index >= 15 is 0 Å². The van der Waals surface area contributed by atoms with E-state index in [0.717, 1.165) is 6.20 Å². The summed E-state index contributed by atoms with van der Waals surface area (Å²) in [6, 6.07) is 3.34. The lowest BCUT2D eigenvalue weighted by molar-refractivity contribution is -0.400. The van der Waals surface area contributed by atoms with Crippen LogP contribution in [0.15, 0.2) is 18.3 Å². The van der Waals surface area contributed by atoms with E-state index < -0.39 is 4.92 Å². The van der Waals surface area contributed by atoms with Gasteiger partial charge in [0.1, 0.15) is 13.2 Å². The zero-order valence-corrected chi connectivity index (χ0v) is 9.21. The predicted molar refractivity (Wildman–Crippen MR) is 60.0 cm³/mol. The number of fused-ring (bicyclic) bond motifs is 1. The lowest BCUT2D eigenvalue weighted by Crippen LogP contribution is -2.16. The molecule has 0 unspecified atom stereocenters. The van der Waals surface area contributed by atoms with E-state index in [1.165, 1.54) is 13.2 Å². The van der Waals surface area contributed by atoms with Gasteiger partial charge >= 0.3 is 0 Å². The van der Waals surface area contributed by atoms with E-state index in [1.807, 2.05) is 0 Å². The Bertz CT molecular complexity index is 452. The van der Waals surface area contributed by atoms with Crippen LogP contribution in [0.3, 0.4) is 0 Å². The van der Waals surface area contributed by atoms with Crippen molar-refractivity contribution in [2.75, 3.05) is 20.3 Å². The van der Waals surface area contributed by atoms with Crippen molar-refractivity contribution in [3.63, 3.8) is 0 Å². The maximum Gasteiger partial charge on any atom is 0.235 e. The zero-order chi connectivity index (χ0) is 12.3. The van der Waals surface area contributed by atoms with Gasteiger partial charge in [-0.1, -0.05) is 0 Å². The Labute approximate surface area is 97.6 Å². The molecule has 1 aliphatic rings. The molecular formula is C11H11NO5. The third kappa shape index (κ3) is 2.47. The molecule has 0 saturated carbocycles. The monoisotopic (exact) mass is 237 g/mol. The Morgan fingerprint density at radius 2 is 2.18 bits per heavy atom. The molecule has 0 fully saturated rings. The van der Waals surface area contributed by atoms with E-state index in [0.29, 0.717) is 36.0 Å². The fourth-order valence-corrected chi connectivity index (χ4v) is 1.54. The van der Waals surface area contributed by atoms with Gasteiger partial charge in [-0.25, -0.2) is 0 Å². The molecule has 1 heterocycles. The molecule has 0 aliphatic carbocycles. The molecule has 90 valence electrons. The largest absolute Gasteiger partial charge is 0.493 e. The molecule has 0 atom stereocenters. The van der Waals surface area contributed by atoms with Gasteiger partial charge in [0.2, 0.25) is 11.9 Å². The minimum Gasteiger partial charge on any atom is -0.493 e. The van der Waals surface area contributed by atoms with Crippen LogP contribution >= 0.6 is 0 Å². The van der Waals surface area contributed by atoms with Crippen LogP contribution in [0.25, 0.3) is 6.08 Å². The van der Waals surface area contributed by atoms with Crippen LogP contribution in [0.2, 0.25) is 0 Å². The van der Waals surface area contributed by atoms with Gasteiger partial charge in [0.25, 0.3) is 0 Å². The van der Waals surface area contributed by atoms with Gasteiger partial charge in [0, 0.05) is 6.08 Å². The molecule has 0 amide bonds. The fourth-order valence-electron chi connectivity index (χ4n) is 1.54. The Morgan fingerprint density at radius 1 is 1.41 bits per heavy atom. The van der Waals surface area contributed by atoms with E-state index in [1.54, 1.807) is 12.1 Å². The van der Waals surface area contributed by atoms with Crippen molar-refractivity contribution < 1.29 is 19.1 Å². The molecule has 6 heteroatoms. The molecule has 1 aromatic rings. The summed E-state index contributed by atoms with van der Waals surface area (Å²) < 4.78 is 16.0. The van der Waals surface area contributed by atoms with Crippen molar-refractivity contribution in [2.24, 2.45) is 0 Å². The molecule has 0 spiro atoms. The van der Waals surface area contributed by atoms with Gasteiger partial charge < -0.3 is 14.2 Å². The average molecular weight is 237 g/mol. The summed E-state index contributed by atoms with van der Waals surface area (Å²) in [6.07, 6.45) is 2.24. The molecule has 1 aliphatic heterocycles. The van der Waals surface area contributed by atoms with Crippen LogP contribution in [0.4, 0.5) is 0 Å². The molecule has 2 rings (SSSR count). The maximum atomic E-state index is 10.2. The van der Waals surface area contributed by atoms with Crippen molar-refractivity contribution in [1.82, 2.24) is 0 Å². The molecule has 17 heavy (non-hydrogen) atoms. The molecule has 6 nitrogen and oxygen atoms in total. The first-order valence-corrected chi connectivity index (χ1v) is 5.00. The summed E-state index contributed by atoms with van der Waals surface area (Å²) in [5, 5.41) is 10.2.